The van der Waals surface area contributed by atoms with Crippen molar-refractivity contribution in [1.82, 2.24) is 4.90 Å². The number of carbonyl (C=O) groups excluding carboxylic acids is 1. The number of hydrogen-bond donors (Lipinski definition) is 0. The maximum absolute atomic E-state index is 12.9. The average Bonchev–Trinajstić information content (AvgIpc) is 2.65. The lowest BCUT2D eigenvalue weighted by molar-refractivity contribution is 0.136. The maximum atomic E-state index is 12.9. The normalized spacial score (nSPS) is 22.4. The molecule has 1 aliphatic rings. The molecule has 5 heteroatoms. The number of nitrogens with zero attached hydrogens (tertiary/aromatic N) is 2. The Morgan fingerprint density at radius 3 is 2.36 bits per heavy atom. The van der Waals surface area contributed by atoms with Gasteiger partial charge < -0.3 is 9.42 Å². The van der Waals surface area contributed by atoms with Crippen molar-refractivity contribution in [1.29, 1.82) is 0 Å². The zero-order valence-corrected chi connectivity index (χ0v) is 15.8. The SMILES string of the molecule is Cc1ccc(N2C(=O)N(C)C(C)(C)[C@@H]2[C@@H](C)OP)c(C)c1C. The average molecular weight is 322 g/mol. The Hall–Kier alpha value is -1.12. The van der Waals surface area contributed by atoms with Gasteiger partial charge in [0, 0.05) is 22.2 Å². The van der Waals surface area contributed by atoms with Crippen molar-refractivity contribution in [2.75, 3.05) is 11.9 Å². The molecule has 1 aromatic rings. The zero-order chi connectivity index (χ0) is 16.8. The van der Waals surface area contributed by atoms with Gasteiger partial charge in [-0.05, 0) is 64.3 Å². The summed E-state index contributed by atoms with van der Waals surface area (Å²) in [6.45, 7) is 12.5. The lowest BCUT2D eigenvalue weighted by Gasteiger charge is -2.37. The summed E-state index contributed by atoms with van der Waals surface area (Å²) in [4.78, 5) is 16.6. The molecule has 1 aliphatic heterocycles. The summed E-state index contributed by atoms with van der Waals surface area (Å²) in [5.41, 5.74) is 4.30. The third-order valence-corrected chi connectivity index (χ3v) is 5.74. The van der Waals surface area contributed by atoms with Gasteiger partial charge in [-0.3, -0.25) is 4.90 Å². The molecule has 22 heavy (non-hydrogen) atoms. The topological polar surface area (TPSA) is 32.8 Å². The Bertz CT molecular complexity index is 601. The number of anilines is 1. The van der Waals surface area contributed by atoms with Gasteiger partial charge in [-0.1, -0.05) is 6.07 Å². The molecule has 0 radical (unpaired) electrons. The minimum Gasteiger partial charge on any atom is -0.360 e. The molecule has 122 valence electrons. The van der Waals surface area contributed by atoms with E-state index in [1.807, 2.05) is 29.8 Å². The van der Waals surface area contributed by atoms with E-state index < -0.39 is 0 Å². The molecule has 1 aromatic carbocycles. The molecule has 2 amide bonds. The summed E-state index contributed by atoms with van der Waals surface area (Å²) in [5, 5.41) is 0. The molecule has 4 nitrogen and oxygen atoms in total. The van der Waals surface area contributed by atoms with E-state index in [0.717, 1.165) is 11.3 Å². The number of amides is 2. The van der Waals surface area contributed by atoms with Crippen LogP contribution in [0.4, 0.5) is 10.5 Å². The number of benzene rings is 1. The van der Waals surface area contributed by atoms with E-state index in [1.54, 1.807) is 0 Å². The summed E-state index contributed by atoms with van der Waals surface area (Å²) in [5.74, 6) is 0. The van der Waals surface area contributed by atoms with Crippen molar-refractivity contribution < 1.29 is 9.32 Å². The van der Waals surface area contributed by atoms with Crippen molar-refractivity contribution in [2.24, 2.45) is 0 Å². The predicted octanol–water partition coefficient (Wildman–Crippen LogP) is 3.83. The molecule has 0 aliphatic carbocycles. The second-order valence-electron chi connectivity index (χ2n) is 6.80. The number of carbonyl (C=O) groups is 1. The van der Waals surface area contributed by atoms with Crippen molar-refractivity contribution >= 4 is 21.2 Å². The molecular formula is C17H27N2O2P. The molecule has 1 unspecified atom stereocenters. The number of hydrogen-bond acceptors (Lipinski definition) is 2. The van der Waals surface area contributed by atoms with E-state index in [4.69, 9.17) is 4.52 Å². The van der Waals surface area contributed by atoms with Crippen LogP contribution < -0.4 is 4.90 Å². The number of rotatable bonds is 3. The number of urea groups is 1. The Kier molecular flexibility index (Phi) is 4.56. The Labute approximate surface area is 136 Å². The Balaban J connectivity index is 2.61. The van der Waals surface area contributed by atoms with Gasteiger partial charge >= 0.3 is 6.03 Å². The van der Waals surface area contributed by atoms with E-state index in [2.05, 4.69) is 50.2 Å². The predicted molar refractivity (Wildman–Crippen MR) is 94.4 cm³/mol. The van der Waals surface area contributed by atoms with Gasteiger partial charge in [0.2, 0.25) is 0 Å². The van der Waals surface area contributed by atoms with Crippen LogP contribution >= 0.6 is 9.47 Å². The van der Waals surface area contributed by atoms with Crippen molar-refractivity contribution in [2.45, 2.75) is 59.2 Å². The molecule has 0 spiro atoms. The van der Waals surface area contributed by atoms with Crippen molar-refractivity contribution in [3.63, 3.8) is 0 Å². The minimum absolute atomic E-state index is 0.0234. The van der Waals surface area contributed by atoms with Gasteiger partial charge in [0.25, 0.3) is 0 Å². The molecule has 1 saturated heterocycles. The van der Waals surface area contributed by atoms with Crippen LogP contribution in [0.1, 0.15) is 37.5 Å². The van der Waals surface area contributed by atoms with E-state index in [1.165, 1.54) is 11.1 Å². The van der Waals surface area contributed by atoms with Crippen LogP contribution in [0.2, 0.25) is 0 Å². The highest BCUT2D eigenvalue weighted by Crippen LogP contribution is 2.40. The van der Waals surface area contributed by atoms with Gasteiger partial charge in [-0.15, -0.1) is 0 Å². The van der Waals surface area contributed by atoms with Gasteiger partial charge in [-0.25, -0.2) is 4.79 Å². The third-order valence-electron chi connectivity index (χ3n) is 5.31. The number of aryl methyl sites for hydroxylation is 1. The van der Waals surface area contributed by atoms with Crippen molar-refractivity contribution in [3.05, 3.63) is 28.8 Å². The van der Waals surface area contributed by atoms with Gasteiger partial charge in [-0.2, -0.15) is 0 Å². The fourth-order valence-electron chi connectivity index (χ4n) is 3.36. The van der Waals surface area contributed by atoms with E-state index in [9.17, 15) is 4.79 Å². The van der Waals surface area contributed by atoms with E-state index in [-0.39, 0.29) is 23.7 Å². The van der Waals surface area contributed by atoms with Crippen LogP contribution in [0.25, 0.3) is 0 Å². The molecule has 2 rings (SSSR count). The summed E-state index contributed by atoms with van der Waals surface area (Å²) in [6, 6.07) is 4.10. The fraction of sp³-hybridized carbons (Fsp3) is 0.588. The molecule has 0 saturated carbocycles. The highest BCUT2D eigenvalue weighted by atomic mass is 31.0. The summed E-state index contributed by atoms with van der Waals surface area (Å²) in [6.07, 6.45) is -0.0880. The first-order valence-electron chi connectivity index (χ1n) is 7.64. The van der Waals surface area contributed by atoms with E-state index in [0.29, 0.717) is 0 Å². The lowest BCUT2D eigenvalue weighted by Crippen LogP contribution is -2.51. The largest absolute Gasteiger partial charge is 0.360 e. The van der Waals surface area contributed by atoms with Crippen LogP contribution in [0.15, 0.2) is 12.1 Å². The van der Waals surface area contributed by atoms with E-state index >= 15 is 0 Å². The fourth-order valence-corrected chi connectivity index (χ4v) is 3.50. The van der Waals surface area contributed by atoms with Crippen LogP contribution in [-0.2, 0) is 4.52 Å². The van der Waals surface area contributed by atoms with Crippen LogP contribution in [0.3, 0.4) is 0 Å². The van der Waals surface area contributed by atoms with Gasteiger partial charge in [0.05, 0.1) is 17.7 Å². The summed E-state index contributed by atoms with van der Waals surface area (Å²) in [7, 11) is 4.19. The Morgan fingerprint density at radius 2 is 1.82 bits per heavy atom. The monoisotopic (exact) mass is 322 g/mol. The number of likely N-dealkylation sites (N-methyl/N-ethyl adjacent to an activating group) is 1. The smallest absolute Gasteiger partial charge is 0.325 e. The lowest BCUT2D eigenvalue weighted by atomic mass is 9.90. The second-order valence-corrected chi connectivity index (χ2v) is 7.08. The molecular weight excluding hydrogens is 295 g/mol. The zero-order valence-electron chi connectivity index (χ0n) is 14.6. The first-order valence-corrected chi connectivity index (χ1v) is 8.11. The van der Waals surface area contributed by atoms with Gasteiger partial charge in [0.15, 0.2) is 0 Å². The molecule has 0 bridgehead atoms. The molecule has 1 fully saturated rings. The quantitative estimate of drug-likeness (QED) is 0.792. The van der Waals surface area contributed by atoms with Crippen LogP contribution in [0.5, 0.6) is 0 Å². The maximum Gasteiger partial charge on any atom is 0.325 e. The summed E-state index contributed by atoms with van der Waals surface area (Å²) < 4.78 is 5.51. The molecule has 0 aromatic heterocycles. The molecule has 1 heterocycles. The molecule has 0 N–H and O–H groups in total. The van der Waals surface area contributed by atoms with Gasteiger partial charge in [0.1, 0.15) is 0 Å². The Morgan fingerprint density at radius 1 is 1.23 bits per heavy atom. The van der Waals surface area contributed by atoms with Crippen molar-refractivity contribution in [3.8, 4) is 0 Å². The first kappa shape index (κ1) is 17.2. The highest BCUT2D eigenvalue weighted by Gasteiger charge is 2.53. The summed E-state index contributed by atoms with van der Waals surface area (Å²) >= 11 is 0. The first-order chi connectivity index (χ1) is 10.1. The third kappa shape index (κ3) is 2.43. The highest BCUT2D eigenvalue weighted by molar-refractivity contribution is 7.09. The minimum atomic E-state index is -0.307. The molecule has 3 atom stereocenters. The standard InChI is InChI=1S/C17H27N2O2P/c1-10-8-9-14(12(3)11(10)2)19-15(13(4)21-22)17(5,6)18(7)16(19)20/h8-9,13,15H,22H2,1-7H3/t13-,15+/m1/s1. The van der Waals surface area contributed by atoms with Crippen LogP contribution in [0, 0.1) is 20.8 Å². The van der Waals surface area contributed by atoms with Crippen LogP contribution in [-0.4, -0.2) is 35.7 Å². The second kappa shape index (κ2) is 5.82.